The van der Waals surface area contributed by atoms with Crippen molar-refractivity contribution in [2.75, 3.05) is 0 Å². The molecule has 0 spiro atoms. The Morgan fingerprint density at radius 3 is 2.73 bits per heavy atom. The Bertz CT molecular complexity index is 1200. The summed E-state index contributed by atoms with van der Waals surface area (Å²) in [6, 6.07) is 9.71. The minimum absolute atomic E-state index is 0.0841. The number of halogens is 1. The molecular formula is C26H30FN3O3. The molecule has 33 heavy (non-hydrogen) atoms. The van der Waals surface area contributed by atoms with Gasteiger partial charge in [0.2, 0.25) is 5.91 Å². The van der Waals surface area contributed by atoms with E-state index in [-0.39, 0.29) is 30.2 Å². The molecule has 0 bridgehead atoms. The fourth-order valence-corrected chi connectivity index (χ4v) is 5.40. The zero-order valence-electron chi connectivity index (χ0n) is 19.3. The molecule has 2 aliphatic rings. The van der Waals surface area contributed by atoms with Crippen LogP contribution in [0.5, 0.6) is 0 Å². The van der Waals surface area contributed by atoms with Gasteiger partial charge in [-0.15, -0.1) is 0 Å². The molecule has 5 rings (SSSR count). The summed E-state index contributed by atoms with van der Waals surface area (Å²) in [5, 5.41) is 3.29. The van der Waals surface area contributed by atoms with E-state index in [1.54, 1.807) is 29.4 Å². The van der Waals surface area contributed by atoms with Gasteiger partial charge in [0.1, 0.15) is 17.1 Å². The number of nitrogens with zero attached hydrogens (tertiary/aromatic N) is 2. The summed E-state index contributed by atoms with van der Waals surface area (Å²) in [6.07, 6.45) is 4.80. The van der Waals surface area contributed by atoms with Crippen molar-refractivity contribution in [2.45, 2.75) is 64.7 Å². The molecule has 0 unspecified atom stereocenters. The van der Waals surface area contributed by atoms with E-state index >= 15 is 0 Å². The third-order valence-corrected chi connectivity index (χ3v) is 7.82. The van der Waals surface area contributed by atoms with Gasteiger partial charge in [0.15, 0.2) is 5.58 Å². The normalized spacial score (nSPS) is 27.6. The first-order valence-electron chi connectivity index (χ1n) is 11.7. The fraction of sp³-hybridized carbons (Fsp3) is 0.462. The molecule has 1 aliphatic carbocycles. The largest absolute Gasteiger partial charge is 0.463 e. The number of hydrogen-bond acceptors (Lipinski definition) is 3. The summed E-state index contributed by atoms with van der Waals surface area (Å²) >= 11 is 0. The van der Waals surface area contributed by atoms with Crippen LogP contribution in [-0.2, 0) is 17.9 Å². The number of carbonyl (C=O) groups is 2. The Morgan fingerprint density at radius 1 is 1.21 bits per heavy atom. The Labute approximate surface area is 192 Å². The number of hydrogen-bond donors (Lipinski definition) is 1. The van der Waals surface area contributed by atoms with E-state index in [4.69, 9.17) is 4.42 Å². The molecule has 174 valence electrons. The number of furan rings is 1. The highest BCUT2D eigenvalue weighted by atomic mass is 19.1. The lowest BCUT2D eigenvalue weighted by molar-refractivity contribution is -0.134. The zero-order valence-corrected chi connectivity index (χ0v) is 19.3. The van der Waals surface area contributed by atoms with Gasteiger partial charge in [-0.2, -0.15) is 0 Å². The Hall–Kier alpha value is -3.09. The van der Waals surface area contributed by atoms with Gasteiger partial charge in [-0.3, -0.25) is 9.59 Å². The molecule has 4 atom stereocenters. The lowest BCUT2D eigenvalue weighted by Crippen LogP contribution is -2.65. The molecule has 1 aromatic carbocycles. The van der Waals surface area contributed by atoms with Crippen molar-refractivity contribution >= 4 is 22.9 Å². The molecule has 1 fully saturated rings. The molecule has 1 N–H and O–H groups in total. The lowest BCUT2D eigenvalue weighted by Gasteiger charge is -2.45. The first kappa shape index (κ1) is 21.7. The second-order valence-electron chi connectivity index (χ2n) is 9.92. The van der Waals surface area contributed by atoms with Crippen molar-refractivity contribution in [3.05, 3.63) is 59.7 Å². The summed E-state index contributed by atoms with van der Waals surface area (Å²) in [4.78, 5) is 29.2. The molecule has 2 amide bonds. The summed E-state index contributed by atoms with van der Waals surface area (Å²) in [5.74, 6) is 0.194. The summed E-state index contributed by atoms with van der Waals surface area (Å²) in [7, 11) is 0. The quantitative estimate of drug-likeness (QED) is 0.624. The number of rotatable bonds is 4. The minimum Gasteiger partial charge on any atom is -0.463 e. The molecule has 2 aromatic heterocycles. The zero-order chi connectivity index (χ0) is 23.3. The van der Waals surface area contributed by atoms with Crippen LogP contribution in [0.15, 0.2) is 47.1 Å². The SMILES string of the molecule is C[C@@H]1[C@H](C)CCC[C@@H]1NC(=O)[C@@]1(C)Cn2c(cc3occc32)C(=O)N1Cc1ccc(F)cc1. The van der Waals surface area contributed by atoms with Gasteiger partial charge >= 0.3 is 0 Å². The number of aromatic nitrogens is 1. The second-order valence-corrected chi connectivity index (χ2v) is 9.92. The van der Waals surface area contributed by atoms with E-state index in [1.165, 1.54) is 18.6 Å². The van der Waals surface area contributed by atoms with Crippen LogP contribution in [0.2, 0.25) is 0 Å². The highest BCUT2D eigenvalue weighted by molar-refractivity contribution is 6.02. The van der Waals surface area contributed by atoms with Crippen LogP contribution in [0.4, 0.5) is 4.39 Å². The van der Waals surface area contributed by atoms with Crippen LogP contribution in [0.25, 0.3) is 11.1 Å². The van der Waals surface area contributed by atoms with Crippen molar-refractivity contribution < 1.29 is 18.4 Å². The van der Waals surface area contributed by atoms with E-state index in [1.807, 2.05) is 17.6 Å². The molecule has 1 saturated carbocycles. The highest BCUT2D eigenvalue weighted by Gasteiger charge is 2.48. The average Bonchev–Trinajstić information content (AvgIpc) is 3.38. The third kappa shape index (κ3) is 3.63. The van der Waals surface area contributed by atoms with Crippen molar-refractivity contribution in [1.82, 2.24) is 14.8 Å². The van der Waals surface area contributed by atoms with Crippen LogP contribution in [-0.4, -0.2) is 32.9 Å². The van der Waals surface area contributed by atoms with Crippen molar-refractivity contribution in [3.8, 4) is 0 Å². The maximum atomic E-state index is 13.8. The van der Waals surface area contributed by atoms with E-state index in [9.17, 15) is 14.0 Å². The van der Waals surface area contributed by atoms with E-state index < -0.39 is 5.54 Å². The van der Waals surface area contributed by atoms with Gasteiger partial charge < -0.3 is 19.2 Å². The van der Waals surface area contributed by atoms with Crippen LogP contribution in [0.1, 0.15) is 56.1 Å². The summed E-state index contributed by atoms with van der Waals surface area (Å²) in [5.41, 5.74) is 1.59. The van der Waals surface area contributed by atoms with Gasteiger partial charge in [0, 0.05) is 24.7 Å². The van der Waals surface area contributed by atoms with Gasteiger partial charge in [-0.05, 0) is 42.9 Å². The van der Waals surface area contributed by atoms with Crippen molar-refractivity contribution in [1.29, 1.82) is 0 Å². The smallest absolute Gasteiger partial charge is 0.271 e. The topological polar surface area (TPSA) is 67.5 Å². The van der Waals surface area contributed by atoms with Crippen LogP contribution >= 0.6 is 0 Å². The summed E-state index contributed by atoms with van der Waals surface area (Å²) in [6.45, 7) is 6.79. The Morgan fingerprint density at radius 2 is 1.97 bits per heavy atom. The number of fused-ring (bicyclic) bond motifs is 3. The molecular weight excluding hydrogens is 421 g/mol. The molecule has 0 saturated heterocycles. The first-order valence-corrected chi connectivity index (χ1v) is 11.7. The Kier molecular flexibility index (Phi) is 5.30. The average molecular weight is 452 g/mol. The van der Waals surface area contributed by atoms with E-state index in [2.05, 4.69) is 19.2 Å². The van der Waals surface area contributed by atoms with Gasteiger partial charge in [-0.25, -0.2) is 4.39 Å². The minimum atomic E-state index is -1.11. The molecule has 1 aliphatic heterocycles. The van der Waals surface area contributed by atoms with Crippen molar-refractivity contribution in [2.24, 2.45) is 11.8 Å². The second kappa shape index (κ2) is 8.04. The molecule has 3 aromatic rings. The third-order valence-electron chi connectivity index (χ3n) is 7.82. The monoisotopic (exact) mass is 451 g/mol. The summed E-state index contributed by atoms with van der Waals surface area (Å²) < 4.78 is 20.9. The van der Waals surface area contributed by atoms with Gasteiger partial charge in [0.25, 0.3) is 5.91 Å². The molecule has 7 heteroatoms. The van der Waals surface area contributed by atoms with E-state index in [0.717, 1.165) is 23.9 Å². The lowest BCUT2D eigenvalue weighted by atomic mass is 9.77. The fourth-order valence-electron chi connectivity index (χ4n) is 5.40. The number of nitrogens with one attached hydrogen (secondary N) is 1. The van der Waals surface area contributed by atoms with Crippen LogP contribution in [0, 0.1) is 17.7 Å². The molecule has 6 nitrogen and oxygen atoms in total. The van der Waals surface area contributed by atoms with Crippen LogP contribution < -0.4 is 5.32 Å². The molecule has 0 radical (unpaired) electrons. The number of benzene rings is 1. The van der Waals surface area contributed by atoms with Crippen LogP contribution in [0.3, 0.4) is 0 Å². The van der Waals surface area contributed by atoms with Gasteiger partial charge in [0.05, 0.1) is 18.3 Å². The number of amides is 2. The Balaban J connectivity index is 1.52. The van der Waals surface area contributed by atoms with E-state index in [0.29, 0.717) is 29.7 Å². The molecule has 3 heterocycles. The highest BCUT2D eigenvalue weighted by Crippen LogP contribution is 2.35. The number of carbonyl (C=O) groups excluding carboxylic acids is 2. The standard InChI is InChI=1S/C26H30FN3O3/c1-16-5-4-6-20(17(16)2)28-25(32)26(3)15-29-21-11-12-33-23(21)13-22(29)24(31)30(26)14-18-7-9-19(27)10-8-18/h7-13,16-17,20H,4-6,14-15H2,1-3H3,(H,28,32)/t16-,17-,20+,26-/m1/s1. The van der Waals surface area contributed by atoms with Crippen molar-refractivity contribution in [3.63, 3.8) is 0 Å². The maximum absolute atomic E-state index is 13.8. The maximum Gasteiger partial charge on any atom is 0.271 e. The predicted octanol–water partition coefficient (Wildman–Crippen LogP) is 4.73. The van der Waals surface area contributed by atoms with Gasteiger partial charge in [-0.1, -0.05) is 38.8 Å². The predicted molar refractivity (Wildman–Crippen MR) is 123 cm³/mol. The first-order chi connectivity index (χ1) is 15.8.